The molecule has 0 saturated carbocycles. The van der Waals surface area contributed by atoms with Crippen molar-refractivity contribution in [2.24, 2.45) is 5.73 Å². The van der Waals surface area contributed by atoms with Crippen molar-refractivity contribution >= 4 is 10.2 Å². The standard InChI is InChI=1S/C14H21N3O3S/c1-17(21(18,19)16-10-11-20-2)12-14-7-5-13(6-8-14)4-3-9-15/h5-8,16H,9-12,15H2,1-2H3. The minimum Gasteiger partial charge on any atom is -0.383 e. The predicted molar refractivity (Wildman–Crippen MR) is 82.6 cm³/mol. The van der Waals surface area contributed by atoms with E-state index in [1.165, 1.54) is 18.5 Å². The van der Waals surface area contributed by atoms with Crippen LogP contribution in [-0.4, -0.2) is 46.6 Å². The summed E-state index contributed by atoms with van der Waals surface area (Å²) >= 11 is 0. The number of hydrogen-bond acceptors (Lipinski definition) is 4. The summed E-state index contributed by atoms with van der Waals surface area (Å²) in [5.74, 6) is 5.68. The van der Waals surface area contributed by atoms with Crippen molar-refractivity contribution in [3.63, 3.8) is 0 Å². The number of rotatable bonds is 7. The molecule has 0 aliphatic heterocycles. The van der Waals surface area contributed by atoms with Crippen molar-refractivity contribution in [1.29, 1.82) is 0 Å². The molecule has 21 heavy (non-hydrogen) atoms. The first-order valence-electron chi connectivity index (χ1n) is 6.47. The molecule has 1 aromatic rings. The molecule has 116 valence electrons. The largest absolute Gasteiger partial charge is 0.383 e. The lowest BCUT2D eigenvalue weighted by Gasteiger charge is -2.17. The summed E-state index contributed by atoms with van der Waals surface area (Å²) in [6.45, 7) is 1.18. The fourth-order valence-corrected chi connectivity index (χ4v) is 2.45. The number of ether oxygens (including phenoxy) is 1. The Balaban J connectivity index is 2.63. The number of nitrogens with one attached hydrogen (secondary N) is 1. The molecule has 0 aliphatic carbocycles. The molecule has 0 saturated heterocycles. The summed E-state index contributed by atoms with van der Waals surface area (Å²) in [6.07, 6.45) is 0. The van der Waals surface area contributed by atoms with Gasteiger partial charge in [-0.1, -0.05) is 24.0 Å². The van der Waals surface area contributed by atoms with Gasteiger partial charge in [-0.05, 0) is 17.7 Å². The van der Waals surface area contributed by atoms with Gasteiger partial charge in [-0.2, -0.15) is 17.4 Å². The van der Waals surface area contributed by atoms with Gasteiger partial charge in [0.15, 0.2) is 0 Å². The molecule has 6 nitrogen and oxygen atoms in total. The highest BCUT2D eigenvalue weighted by Crippen LogP contribution is 2.08. The monoisotopic (exact) mass is 311 g/mol. The van der Waals surface area contributed by atoms with Gasteiger partial charge >= 0.3 is 0 Å². The van der Waals surface area contributed by atoms with E-state index < -0.39 is 10.2 Å². The Morgan fingerprint density at radius 1 is 1.33 bits per heavy atom. The molecule has 1 rings (SSSR count). The molecule has 0 heterocycles. The van der Waals surface area contributed by atoms with Crippen LogP contribution in [-0.2, 0) is 21.5 Å². The molecule has 0 aliphatic rings. The third-order valence-electron chi connectivity index (χ3n) is 2.69. The summed E-state index contributed by atoms with van der Waals surface area (Å²) in [5.41, 5.74) is 7.04. The Kier molecular flexibility index (Phi) is 7.36. The quantitative estimate of drug-likeness (QED) is 0.544. The zero-order valence-corrected chi connectivity index (χ0v) is 13.1. The minimum atomic E-state index is -3.50. The molecule has 0 amide bonds. The van der Waals surface area contributed by atoms with E-state index in [0.717, 1.165) is 11.1 Å². The maximum Gasteiger partial charge on any atom is 0.279 e. The minimum absolute atomic E-state index is 0.247. The number of benzene rings is 1. The number of nitrogens with zero attached hydrogens (tertiary/aromatic N) is 1. The van der Waals surface area contributed by atoms with Crippen LogP contribution in [0.15, 0.2) is 24.3 Å². The van der Waals surface area contributed by atoms with Crippen LogP contribution in [0.4, 0.5) is 0 Å². The fourth-order valence-electron chi connectivity index (χ4n) is 1.57. The van der Waals surface area contributed by atoms with Gasteiger partial charge in [0, 0.05) is 32.8 Å². The maximum absolute atomic E-state index is 11.9. The molecule has 0 spiro atoms. The van der Waals surface area contributed by atoms with Gasteiger partial charge in [0.25, 0.3) is 10.2 Å². The molecule has 0 bridgehead atoms. The summed E-state index contributed by atoms with van der Waals surface area (Å²) in [5, 5.41) is 0. The SMILES string of the molecule is COCCNS(=O)(=O)N(C)Cc1ccc(C#CCN)cc1. The zero-order valence-electron chi connectivity index (χ0n) is 12.3. The summed E-state index contributed by atoms with van der Waals surface area (Å²) in [6, 6.07) is 7.39. The van der Waals surface area contributed by atoms with Crippen molar-refractivity contribution < 1.29 is 13.2 Å². The second-order valence-corrected chi connectivity index (χ2v) is 6.21. The normalized spacial score (nSPS) is 11.2. The zero-order chi connectivity index (χ0) is 15.7. The number of hydrogen-bond donors (Lipinski definition) is 2. The lowest BCUT2D eigenvalue weighted by atomic mass is 10.1. The first-order chi connectivity index (χ1) is 9.99. The predicted octanol–water partition coefficient (Wildman–Crippen LogP) is -0.0906. The van der Waals surface area contributed by atoms with Crippen molar-refractivity contribution in [3.8, 4) is 11.8 Å². The topological polar surface area (TPSA) is 84.7 Å². The fraction of sp³-hybridized carbons (Fsp3) is 0.429. The van der Waals surface area contributed by atoms with Gasteiger partial charge in [0.1, 0.15) is 0 Å². The lowest BCUT2D eigenvalue weighted by Crippen LogP contribution is -2.39. The third kappa shape index (κ3) is 6.25. The molecular formula is C14H21N3O3S. The van der Waals surface area contributed by atoms with Crippen LogP contribution in [0.5, 0.6) is 0 Å². The van der Waals surface area contributed by atoms with Crippen LogP contribution in [0.2, 0.25) is 0 Å². The second kappa shape index (κ2) is 8.77. The van der Waals surface area contributed by atoms with Crippen LogP contribution in [0.1, 0.15) is 11.1 Å². The van der Waals surface area contributed by atoms with Crippen molar-refractivity contribution in [3.05, 3.63) is 35.4 Å². The third-order valence-corrected chi connectivity index (χ3v) is 4.21. The van der Waals surface area contributed by atoms with Crippen molar-refractivity contribution in [2.45, 2.75) is 6.54 Å². The Morgan fingerprint density at radius 3 is 2.57 bits per heavy atom. The van der Waals surface area contributed by atoms with Crippen LogP contribution in [0.25, 0.3) is 0 Å². The highest BCUT2D eigenvalue weighted by molar-refractivity contribution is 7.87. The van der Waals surface area contributed by atoms with Crippen molar-refractivity contribution in [2.75, 3.05) is 33.9 Å². The van der Waals surface area contributed by atoms with E-state index in [-0.39, 0.29) is 13.1 Å². The van der Waals surface area contributed by atoms with Crippen LogP contribution < -0.4 is 10.5 Å². The van der Waals surface area contributed by atoms with Crippen molar-refractivity contribution in [1.82, 2.24) is 9.03 Å². The number of nitrogens with two attached hydrogens (primary N) is 1. The van der Waals surface area contributed by atoms with Gasteiger partial charge in [-0.15, -0.1) is 0 Å². The van der Waals surface area contributed by atoms with Crippen LogP contribution in [0, 0.1) is 11.8 Å². The first-order valence-corrected chi connectivity index (χ1v) is 7.91. The van der Waals surface area contributed by atoms with E-state index in [0.29, 0.717) is 13.2 Å². The molecule has 7 heteroatoms. The molecule has 0 atom stereocenters. The van der Waals surface area contributed by atoms with Gasteiger partial charge in [0.05, 0.1) is 13.2 Å². The van der Waals surface area contributed by atoms with Gasteiger partial charge in [0.2, 0.25) is 0 Å². The molecule has 1 aromatic carbocycles. The van der Waals surface area contributed by atoms with E-state index in [1.807, 2.05) is 24.3 Å². The molecule has 0 aromatic heterocycles. The van der Waals surface area contributed by atoms with E-state index in [4.69, 9.17) is 10.5 Å². The van der Waals surface area contributed by atoms with E-state index >= 15 is 0 Å². The highest BCUT2D eigenvalue weighted by atomic mass is 32.2. The summed E-state index contributed by atoms with van der Waals surface area (Å²) < 4.78 is 32.4. The second-order valence-electron chi connectivity index (χ2n) is 4.35. The lowest BCUT2D eigenvalue weighted by molar-refractivity contribution is 0.204. The van der Waals surface area contributed by atoms with E-state index in [9.17, 15) is 8.42 Å². The average molecular weight is 311 g/mol. The molecule has 0 fully saturated rings. The number of methoxy groups -OCH3 is 1. The maximum atomic E-state index is 11.9. The Morgan fingerprint density at radius 2 is 2.00 bits per heavy atom. The van der Waals surface area contributed by atoms with E-state index in [2.05, 4.69) is 16.6 Å². The van der Waals surface area contributed by atoms with Gasteiger partial charge < -0.3 is 10.5 Å². The summed E-state index contributed by atoms with van der Waals surface area (Å²) in [4.78, 5) is 0. The first kappa shape index (κ1) is 17.6. The summed E-state index contributed by atoms with van der Waals surface area (Å²) in [7, 11) is -0.450. The molecular weight excluding hydrogens is 290 g/mol. The van der Waals surface area contributed by atoms with Gasteiger partial charge in [-0.3, -0.25) is 0 Å². The Labute approximate surface area is 126 Å². The average Bonchev–Trinajstić information content (AvgIpc) is 2.46. The Bertz CT molecular complexity index is 588. The molecule has 0 unspecified atom stereocenters. The highest BCUT2D eigenvalue weighted by Gasteiger charge is 2.16. The van der Waals surface area contributed by atoms with Crippen LogP contribution >= 0.6 is 0 Å². The van der Waals surface area contributed by atoms with E-state index in [1.54, 1.807) is 0 Å². The molecule has 0 radical (unpaired) electrons. The molecule has 3 N–H and O–H groups in total. The van der Waals surface area contributed by atoms with Crippen LogP contribution in [0.3, 0.4) is 0 Å². The van der Waals surface area contributed by atoms with Gasteiger partial charge in [-0.25, -0.2) is 0 Å². The smallest absolute Gasteiger partial charge is 0.279 e. The Hall–Kier alpha value is -1.43.